The Kier molecular flexibility index (Phi) is 4.54. The van der Waals surface area contributed by atoms with E-state index in [1.54, 1.807) is 0 Å². The molecule has 27 heavy (non-hydrogen) atoms. The molecule has 1 N–H and O–H groups in total. The highest BCUT2D eigenvalue weighted by molar-refractivity contribution is 6.55. The highest BCUT2D eigenvalue weighted by Gasteiger charge is 2.52. The van der Waals surface area contributed by atoms with Crippen LogP contribution in [0, 0.1) is 0 Å². The van der Waals surface area contributed by atoms with Gasteiger partial charge in [0.1, 0.15) is 0 Å². The molecular formula is C23H28BNO2. The summed E-state index contributed by atoms with van der Waals surface area (Å²) in [5, 5.41) is 3.26. The third-order valence-electron chi connectivity index (χ3n) is 6.11. The van der Waals surface area contributed by atoms with Crippen LogP contribution in [-0.2, 0) is 15.7 Å². The first-order valence-electron chi connectivity index (χ1n) is 9.73. The molecule has 2 aromatic carbocycles. The molecule has 1 heterocycles. The third-order valence-corrected chi connectivity index (χ3v) is 6.11. The molecule has 0 radical (unpaired) electrons. The lowest BCUT2D eigenvalue weighted by molar-refractivity contribution is 0.00578. The van der Waals surface area contributed by atoms with E-state index >= 15 is 0 Å². The van der Waals surface area contributed by atoms with Gasteiger partial charge in [0.15, 0.2) is 0 Å². The quantitative estimate of drug-likeness (QED) is 0.695. The second kappa shape index (κ2) is 6.63. The summed E-state index contributed by atoms with van der Waals surface area (Å²) in [5.41, 5.74) is 7.18. The van der Waals surface area contributed by atoms with Crippen LogP contribution in [0.3, 0.4) is 0 Å². The lowest BCUT2D eigenvalue weighted by atomic mass is 9.77. The normalized spacial score (nSPS) is 19.9. The van der Waals surface area contributed by atoms with Gasteiger partial charge < -0.3 is 14.6 Å². The van der Waals surface area contributed by atoms with E-state index in [0.29, 0.717) is 0 Å². The average Bonchev–Trinajstić information content (AvgIpc) is 3.08. The second-order valence-electron chi connectivity index (χ2n) is 8.59. The van der Waals surface area contributed by atoms with Gasteiger partial charge in [-0.25, -0.2) is 0 Å². The van der Waals surface area contributed by atoms with E-state index in [0.717, 1.165) is 18.4 Å². The molecule has 0 aromatic heterocycles. The van der Waals surface area contributed by atoms with Gasteiger partial charge in [-0.1, -0.05) is 48.5 Å². The van der Waals surface area contributed by atoms with Crippen molar-refractivity contribution in [3.8, 4) is 11.1 Å². The van der Waals surface area contributed by atoms with E-state index in [1.807, 2.05) is 7.05 Å². The Bertz CT molecular complexity index is 885. The number of fused-ring (bicyclic) bond motifs is 3. The largest absolute Gasteiger partial charge is 0.491 e. The highest BCUT2D eigenvalue weighted by Crippen LogP contribution is 2.40. The molecule has 0 unspecified atom stereocenters. The topological polar surface area (TPSA) is 30.5 Å². The van der Waals surface area contributed by atoms with E-state index in [1.165, 1.54) is 27.8 Å². The summed E-state index contributed by atoms with van der Waals surface area (Å²) < 4.78 is 12.5. The number of rotatable bonds is 4. The molecule has 1 aliphatic heterocycles. The van der Waals surface area contributed by atoms with Gasteiger partial charge in [0.25, 0.3) is 0 Å². The zero-order valence-electron chi connectivity index (χ0n) is 16.9. The minimum Gasteiger partial charge on any atom is -0.400 e. The summed E-state index contributed by atoms with van der Waals surface area (Å²) in [6.45, 7) is 9.11. The first-order chi connectivity index (χ1) is 12.8. The molecule has 0 bridgehead atoms. The Balaban J connectivity index is 1.64. The Morgan fingerprint density at radius 3 is 2.37 bits per heavy atom. The Labute approximate surface area is 162 Å². The zero-order chi connectivity index (χ0) is 19.2. The van der Waals surface area contributed by atoms with Crippen LogP contribution in [-0.4, -0.2) is 31.9 Å². The Hall–Kier alpha value is -1.88. The van der Waals surface area contributed by atoms with Crippen molar-refractivity contribution in [2.24, 2.45) is 0 Å². The molecule has 0 atom stereocenters. The predicted molar refractivity (Wildman–Crippen MR) is 113 cm³/mol. The van der Waals surface area contributed by atoms with Crippen LogP contribution < -0.4 is 5.32 Å². The maximum absolute atomic E-state index is 6.26. The fraction of sp³-hybridized carbons (Fsp3) is 0.391. The van der Waals surface area contributed by atoms with Gasteiger partial charge in [0, 0.05) is 6.54 Å². The molecule has 4 heteroatoms. The van der Waals surface area contributed by atoms with Crippen molar-refractivity contribution in [1.29, 1.82) is 0 Å². The molecule has 2 aliphatic rings. The minimum atomic E-state index is -0.329. The van der Waals surface area contributed by atoms with Gasteiger partial charge in [0.05, 0.1) is 11.2 Å². The molecule has 0 amide bonds. The summed E-state index contributed by atoms with van der Waals surface area (Å²) in [5.74, 6) is 0. The van der Waals surface area contributed by atoms with Crippen molar-refractivity contribution in [1.82, 2.24) is 5.32 Å². The number of hydrogen-bond donors (Lipinski definition) is 1. The van der Waals surface area contributed by atoms with Gasteiger partial charge in [-0.2, -0.15) is 0 Å². The van der Waals surface area contributed by atoms with E-state index in [9.17, 15) is 0 Å². The summed E-state index contributed by atoms with van der Waals surface area (Å²) in [4.78, 5) is 0. The van der Waals surface area contributed by atoms with Gasteiger partial charge >= 0.3 is 7.12 Å². The van der Waals surface area contributed by atoms with Crippen molar-refractivity contribution >= 4 is 13.2 Å². The van der Waals surface area contributed by atoms with Crippen molar-refractivity contribution in [2.75, 3.05) is 13.6 Å². The van der Waals surface area contributed by atoms with Crippen LogP contribution in [0.4, 0.5) is 0 Å². The lowest BCUT2D eigenvalue weighted by Gasteiger charge is -2.32. The number of hydrogen-bond acceptors (Lipinski definition) is 3. The van der Waals surface area contributed by atoms with Crippen molar-refractivity contribution in [3.63, 3.8) is 0 Å². The number of nitrogens with one attached hydrogen (secondary N) is 1. The smallest absolute Gasteiger partial charge is 0.400 e. The van der Waals surface area contributed by atoms with E-state index in [-0.39, 0.29) is 18.3 Å². The number of likely N-dealkylation sites (N-methyl/N-ethyl adjacent to an activating group) is 1. The first kappa shape index (κ1) is 18.5. The molecule has 4 rings (SSSR count). The standard InChI is InChI=1S/C23H28BNO2/c1-22(2)23(3,4)27-24(26-22)19(15-25-5)13-16-10-11-21-18(12-16)14-17-8-6-7-9-20(17)21/h6-13,25H,14-15H2,1-5H3. The van der Waals surface area contributed by atoms with Gasteiger partial charge in [-0.15, -0.1) is 0 Å². The van der Waals surface area contributed by atoms with Crippen molar-refractivity contribution < 1.29 is 9.31 Å². The van der Waals surface area contributed by atoms with E-state index in [4.69, 9.17) is 9.31 Å². The van der Waals surface area contributed by atoms with E-state index < -0.39 is 0 Å². The molecule has 2 aromatic rings. The summed E-state index contributed by atoms with van der Waals surface area (Å²) in [6.07, 6.45) is 3.22. The molecular weight excluding hydrogens is 333 g/mol. The molecule has 1 saturated heterocycles. The maximum Gasteiger partial charge on any atom is 0.491 e. The highest BCUT2D eigenvalue weighted by atomic mass is 16.7. The van der Waals surface area contributed by atoms with Crippen LogP contribution in [0.2, 0.25) is 0 Å². The van der Waals surface area contributed by atoms with Crippen LogP contribution in [0.25, 0.3) is 17.2 Å². The second-order valence-corrected chi connectivity index (χ2v) is 8.59. The molecule has 0 saturated carbocycles. The monoisotopic (exact) mass is 361 g/mol. The van der Waals surface area contributed by atoms with Crippen molar-refractivity contribution in [2.45, 2.75) is 45.3 Å². The molecule has 140 valence electrons. The molecule has 1 fully saturated rings. The minimum absolute atomic E-state index is 0.326. The third kappa shape index (κ3) is 3.27. The fourth-order valence-corrected chi connectivity index (χ4v) is 3.87. The van der Waals surface area contributed by atoms with Crippen molar-refractivity contribution in [3.05, 3.63) is 64.6 Å². The lowest BCUT2D eigenvalue weighted by Crippen LogP contribution is -2.41. The first-order valence-corrected chi connectivity index (χ1v) is 9.73. The zero-order valence-corrected chi connectivity index (χ0v) is 16.9. The maximum atomic E-state index is 6.26. The summed E-state index contributed by atoms with van der Waals surface area (Å²) in [7, 11) is 1.63. The van der Waals surface area contributed by atoms with Crippen LogP contribution in [0.1, 0.15) is 44.4 Å². The molecule has 1 aliphatic carbocycles. The SMILES string of the molecule is CNCC(=Cc1ccc2c(c1)Cc1ccccc1-2)B1OC(C)(C)C(C)(C)O1. The molecule has 3 nitrogen and oxygen atoms in total. The number of benzene rings is 2. The summed E-state index contributed by atoms with van der Waals surface area (Å²) >= 11 is 0. The Morgan fingerprint density at radius 2 is 1.67 bits per heavy atom. The van der Waals surface area contributed by atoms with Crippen LogP contribution in [0.5, 0.6) is 0 Å². The van der Waals surface area contributed by atoms with Crippen LogP contribution in [0.15, 0.2) is 47.9 Å². The van der Waals surface area contributed by atoms with Gasteiger partial charge in [0.2, 0.25) is 0 Å². The summed E-state index contributed by atoms with van der Waals surface area (Å²) in [6, 6.07) is 15.4. The van der Waals surface area contributed by atoms with Gasteiger partial charge in [-0.3, -0.25) is 0 Å². The van der Waals surface area contributed by atoms with Crippen LogP contribution >= 0.6 is 0 Å². The average molecular weight is 361 g/mol. The van der Waals surface area contributed by atoms with E-state index in [2.05, 4.69) is 81.6 Å². The predicted octanol–water partition coefficient (Wildman–Crippen LogP) is 4.49. The Morgan fingerprint density at radius 1 is 1.00 bits per heavy atom. The molecule has 0 spiro atoms. The fourth-order valence-electron chi connectivity index (χ4n) is 3.87. The van der Waals surface area contributed by atoms with Gasteiger partial charge in [-0.05, 0) is 74.5 Å².